The van der Waals surface area contributed by atoms with Crippen LogP contribution in [-0.4, -0.2) is 24.1 Å². The molecule has 0 amide bonds. The maximum Gasteiger partial charge on any atom is 0.417 e. The number of rotatable bonds is 2. The quantitative estimate of drug-likeness (QED) is 0.882. The zero-order valence-electron chi connectivity index (χ0n) is 9.22. The topological polar surface area (TPSA) is 37.0 Å². The van der Waals surface area contributed by atoms with Crippen LogP contribution in [0.25, 0.3) is 0 Å². The number of nitrogens with zero attached hydrogens (tertiary/aromatic N) is 1. The van der Waals surface area contributed by atoms with Gasteiger partial charge in [0.25, 0.3) is 0 Å². The number of hydrogen-bond donors (Lipinski definition) is 2. The summed E-state index contributed by atoms with van der Waals surface area (Å²) in [5, 5.41) is 6.14. The van der Waals surface area contributed by atoms with E-state index in [0.717, 1.165) is 31.8 Å². The minimum absolute atomic E-state index is 0. The first kappa shape index (κ1) is 15.3. The first-order valence-electron chi connectivity index (χ1n) is 5.17. The molecule has 0 bridgehead atoms. The van der Waals surface area contributed by atoms with Gasteiger partial charge in [0, 0.05) is 18.8 Å². The molecular formula is C10H12Cl2F3N3. The Morgan fingerprint density at radius 3 is 2.67 bits per heavy atom. The molecule has 18 heavy (non-hydrogen) atoms. The molecule has 1 aromatic rings. The number of hydrogen-bond acceptors (Lipinski definition) is 3. The van der Waals surface area contributed by atoms with Crippen LogP contribution in [0.1, 0.15) is 12.0 Å². The van der Waals surface area contributed by atoms with Crippen LogP contribution < -0.4 is 10.6 Å². The number of pyridine rings is 1. The molecule has 1 aromatic heterocycles. The Morgan fingerprint density at radius 2 is 2.17 bits per heavy atom. The molecule has 8 heteroatoms. The summed E-state index contributed by atoms with van der Waals surface area (Å²) in [6.45, 7) is 1.65. The van der Waals surface area contributed by atoms with E-state index in [1.807, 2.05) is 0 Å². The lowest BCUT2D eigenvalue weighted by atomic mass is 10.2. The number of aromatic nitrogens is 1. The van der Waals surface area contributed by atoms with Crippen LogP contribution in [-0.2, 0) is 6.18 Å². The van der Waals surface area contributed by atoms with Crippen molar-refractivity contribution in [1.29, 1.82) is 0 Å². The van der Waals surface area contributed by atoms with Gasteiger partial charge in [-0.25, -0.2) is 4.98 Å². The van der Waals surface area contributed by atoms with Gasteiger partial charge in [-0.15, -0.1) is 12.4 Å². The van der Waals surface area contributed by atoms with Gasteiger partial charge in [0.1, 0.15) is 5.82 Å². The number of anilines is 1. The predicted molar refractivity (Wildman–Crippen MR) is 66.4 cm³/mol. The number of nitrogens with one attached hydrogen (secondary N) is 2. The Morgan fingerprint density at radius 1 is 1.44 bits per heavy atom. The average Bonchev–Trinajstić information content (AvgIpc) is 2.72. The fourth-order valence-corrected chi connectivity index (χ4v) is 1.89. The molecule has 0 radical (unpaired) electrons. The Kier molecular flexibility index (Phi) is 5.07. The predicted octanol–water partition coefficient (Wildman–Crippen LogP) is 2.95. The minimum atomic E-state index is -4.41. The molecule has 1 atom stereocenters. The van der Waals surface area contributed by atoms with E-state index in [4.69, 9.17) is 11.6 Å². The third-order valence-corrected chi connectivity index (χ3v) is 2.86. The van der Waals surface area contributed by atoms with E-state index >= 15 is 0 Å². The van der Waals surface area contributed by atoms with Gasteiger partial charge in [-0.1, -0.05) is 11.6 Å². The summed E-state index contributed by atoms with van der Waals surface area (Å²) >= 11 is 5.77. The SMILES string of the molecule is Cl.FC(F)(F)c1cnc(N[C@H]2CCNC2)c(Cl)c1. The molecule has 1 aliphatic heterocycles. The summed E-state index contributed by atoms with van der Waals surface area (Å²) in [4.78, 5) is 3.72. The average molecular weight is 302 g/mol. The van der Waals surface area contributed by atoms with E-state index in [-0.39, 0.29) is 23.5 Å². The Labute approximate surface area is 114 Å². The minimum Gasteiger partial charge on any atom is -0.365 e. The molecule has 0 spiro atoms. The molecular weight excluding hydrogens is 290 g/mol. The molecule has 2 rings (SSSR count). The van der Waals surface area contributed by atoms with Crippen molar-refractivity contribution >= 4 is 29.8 Å². The van der Waals surface area contributed by atoms with Crippen molar-refractivity contribution in [2.75, 3.05) is 18.4 Å². The Hall–Kier alpha value is -0.720. The highest BCUT2D eigenvalue weighted by atomic mass is 35.5. The van der Waals surface area contributed by atoms with Crippen molar-refractivity contribution < 1.29 is 13.2 Å². The number of alkyl halides is 3. The van der Waals surface area contributed by atoms with Crippen molar-refractivity contribution in [3.63, 3.8) is 0 Å². The van der Waals surface area contributed by atoms with E-state index in [1.165, 1.54) is 0 Å². The van der Waals surface area contributed by atoms with Crippen LogP contribution in [0.15, 0.2) is 12.3 Å². The lowest BCUT2D eigenvalue weighted by Gasteiger charge is -2.14. The molecule has 0 aliphatic carbocycles. The van der Waals surface area contributed by atoms with Gasteiger partial charge in [-0.3, -0.25) is 0 Å². The molecule has 0 saturated carbocycles. The molecule has 102 valence electrons. The lowest BCUT2D eigenvalue weighted by molar-refractivity contribution is -0.137. The first-order valence-corrected chi connectivity index (χ1v) is 5.54. The van der Waals surface area contributed by atoms with Crippen molar-refractivity contribution in [3.05, 3.63) is 22.8 Å². The van der Waals surface area contributed by atoms with E-state index in [9.17, 15) is 13.2 Å². The second-order valence-corrected chi connectivity index (χ2v) is 4.29. The monoisotopic (exact) mass is 301 g/mol. The fraction of sp³-hybridized carbons (Fsp3) is 0.500. The van der Waals surface area contributed by atoms with Crippen molar-refractivity contribution in [2.24, 2.45) is 0 Å². The zero-order valence-corrected chi connectivity index (χ0v) is 10.8. The van der Waals surface area contributed by atoms with Gasteiger partial charge >= 0.3 is 6.18 Å². The Balaban J connectivity index is 0.00000162. The van der Waals surface area contributed by atoms with E-state index < -0.39 is 11.7 Å². The lowest BCUT2D eigenvalue weighted by Crippen LogP contribution is -2.23. The molecule has 1 fully saturated rings. The second-order valence-electron chi connectivity index (χ2n) is 3.89. The summed E-state index contributed by atoms with van der Waals surface area (Å²) < 4.78 is 37.1. The fourth-order valence-electron chi connectivity index (χ4n) is 1.67. The molecule has 2 heterocycles. The van der Waals surface area contributed by atoms with Crippen molar-refractivity contribution in [1.82, 2.24) is 10.3 Å². The molecule has 1 aliphatic rings. The van der Waals surface area contributed by atoms with Crippen LogP contribution in [0.5, 0.6) is 0 Å². The maximum absolute atomic E-state index is 12.4. The van der Waals surface area contributed by atoms with Gasteiger partial charge in [-0.05, 0) is 19.0 Å². The molecule has 0 aromatic carbocycles. The molecule has 3 nitrogen and oxygen atoms in total. The third kappa shape index (κ3) is 3.63. The van der Waals surface area contributed by atoms with Gasteiger partial charge in [-0.2, -0.15) is 13.2 Å². The standard InChI is InChI=1S/C10H11ClF3N3.ClH/c11-8-3-6(10(12,13)14)4-16-9(8)17-7-1-2-15-5-7;/h3-4,7,15H,1-2,5H2,(H,16,17);1H/t7-;/m0./s1. The normalized spacial score (nSPS) is 19.4. The summed E-state index contributed by atoms with van der Waals surface area (Å²) in [7, 11) is 0. The number of halogens is 5. The third-order valence-electron chi connectivity index (χ3n) is 2.57. The van der Waals surface area contributed by atoms with Crippen LogP contribution >= 0.6 is 24.0 Å². The Bertz CT molecular complexity index is 406. The van der Waals surface area contributed by atoms with E-state index in [1.54, 1.807) is 0 Å². The van der Waals surface area contributed by atoms with Crippen LogP contribution in [0.4, 0.5) is 19.0 Å². The zero-order chi connectivity index (χ0) is 12.5. The maximum atomic E-state index is 12.4. The molecule has 0 unspecified atom stereocenters. The van der Waals surface area contributed by atoms with Crippen LogP contribution in [0.2, 0.25) is 5.02 Å². The molecule has 2 N–H and O–H groups in total. The summed E-state index contributed by atoms with van der Waals surface area (Å²) in [5.74, 6) is 0.299. The largest absolute Gasteiger partial charge is 0.417 e. The summed E-state index contributed by atoms with van der Waals surface area (Å²) in [6, 6.07) is 1.05. The first-order chi connectivity index (χ1) is 7.97. The highest BCUT2D eigenvalue weighted by Crippen LogP contribution is 2.32. The second kappa shape index (κ2) is 5.95. The van der Waals surface area contributed by atoms with Crippen molar-refractivity contribution in [2.45, 2.75) is 18.6 Å². The van der Waals surface area contributed by atoms with Crippen LogP contribution in [0.3, 0.4) is 0 Å². The highest BCUT2D eigenvalue weighted by molar-refractivity contribution is 6.33. The van der Waals surface area contributed by atoms with Gasteiger partial charge in [0.05, 0.1) is 10.6 Å². The molecule has 1 saturated heterocycles. The smallest absolute Gasteiger partial charge is 0.365 e. The van der Waals surface area contributed by atoms with Gasteiger partial charge in [0.15, 0.2) is 0 Å². The van der Waals surface area contributed by atoms with Gasteiger partial charge < -0.3 is 10.6 Å². The van der Waals surface area contributed by atoms with E-state index in [2.05, 4.69) is 15.6 Å². The highest BCUT2D eigenvalue weighted by Gasteiger charge is 2.31. The summed E-state index contributed by atoms with van der Waals surface area (Å²) in [6.07, 6.45) is -2.72. The summed E-state index contributed by atoms with van der Waals surface area (Å²) in [5.41, 5.74) is -0.836. The van der Waals surface area contributed by atoms with Gasteiger partial charge in [0.2, 0.25) is 0 Å². The van der Waals surface area contributed by atoms with Crippen molar-refractivity contribution in [3.8, 4) is 0 Å². The van der Waals surface area contributed by atoms with Crippen LogP contribution in [0, 0.1) is 0 Å². The van der Waals surface area contributed by atoms with E-state index in [0.29, 0.717) is 5.82 Å².